The van der Waals surface area contributed by atoms with Gasteiger partial charge in [0.1, 0.15) is 18.1 Å². The van der Waals surface area contributed by atoms with Crippen LogP contribution in [-0.4, -0.2) is 77.5 Å². The van der Waals surface area contributed by atoms with Crippen molar-refractivity contribution in [2.75, 3.05) is 13.1 Å². The predicted molar refractivity (Wildman–Crippen MR) is 185 cm³/mol. The second kappa shape index (κ2) is 15.8. The highest BCUT2D eigenvalue weighted by Crippen LogP contribution is 2.41. The molecule has 268 valence electrons. The molecule has 1 unspecified atom stereocenters. The molecule has 0 aromatic heterocycles. The average molecular weight is 670 g/mol. The molecule has 11 nitrogen and oxygen atoms in total. The number of nitrogens with one attached hydrogen (secondary N) is 4. The number of hydrogen-bond donors (Lipinski definition) is 4. The molecule has 4 N–H and O–H groups in total. The molecule has 0 bridgehead atoms. The molecule has 3 fully saturated rings. The fourth-order valence-electron chi connectivity index (χ4n) is 6.86. The first-order valence-electron chi connectivity index (χ1n) is 17.6. The Morgan fingerprint density at radius 3 is 2.04 bits per heavy atom. The average Bonchev–Trinajstić information content (AvgIpc) is 3.76. The minimum atomic E-state index is -1.02. The van der Waals surface area contributed by atoms with E-state index < -0.39 is 69.8 Å². The molecular weight excluding hydrogens is 610 g/mol. The van der Waals surface area contributed by atoms with Gasteiger partial charge in [0.25, 0.3) is 5.91 Å². The van der Waals surface area contributed by atoms with E-state index in [1.165, 1.54) is 11.0 Å². The van der Waals surface area contributed by atoms with Crippen LogP contribution in [0.5, 0.6) is 0 Å². The Morgan fingerprint density at radius 1 is 0.896 bits per heavy atom. The van der Waals surface area contributed by atoms with Gasteiger partial charge in [0.05, 0.1) is 6.04 Å². The van der Waals surface area contributed by atoms with Crippen LogP contribution in [0.2, 0.25) is 0 Å². The van der Waals surface area contributed by atoms with Crippen molar-refractivity contribution in [3.63, 3.8) is 0 Å². The van der Waals surface area contributed by atoms with Crippen LogP contribution in [0.15, 0.2) is 25.3 Å². The first kappa shape index (κ1) is 38.9. The fraction of sp³-hybridized carbons (Fsp3) is 0.730. The van der Waals surface area contributed by atoms with Crippen molar-refractivity contribution in [1.82, 2.24) is 26.2 Å². The zero-order valence-electron chi connectivity index (χ0n) is 30.2. The lowest BCUT2D eigenvalue weighted by atomic mass is 9.68. The number of nitrogens with zero attached hydrogens (tertiary/aromatic N) is 1. The van der Waals surface area contributed by atoms with Crippen molar-refractivity contribution in [2.24, 2.45) is 28.1 Å². The van der Waals surface area contributed by atoms with Gasteiger partial charge >= 0.3 is 0 Å². The van der Waals surface area contributed by atoms with Gasteiger partial charge in [-0.2, -0.15) is 0 Å². The summed E-state index contributed by atoms with van der Waals surface area (Å²) in [5.74, 6) is -3.11. The summed E-state index contributed by atoms with van der Waals surface area (Å²) in [5, 5.41) is 11.3. The highest BCUT2D eigenvalue weighted by Gasteiger charge is 2.49. The normalized spacial score (nSPS) is 22.8. The van der Waals surface area contributed by atoms with E-state index >= 15 is 0 Å². The molecule has 0 radical (unpaired) electrons. The van der Waals surface area contributed by atoms with Crippen LogP contribution >= 0.6 is 0 Å². The molecule has 48 heavy (non-hydrogen) atoms. The van der Waals surface area contributed by atoms with E-state index in [0.717, 1.165) is 32.1 Å². The van der Waals surface area contributed by atoms with Crippen LogP contribution in [0.3, 0.4) is 0 Å². The molecule has 3 rings (SSSR count). The standard InChI is InChI=1S/C37H59N5O6/c1-10-20-38-31(45)27(43)25(22-24-15-16-24)39-30(44)26-23(3)17-21-42(26)33(47)29(35(4,5)6)40-32(46)28(41-34(48)36(7,8)9)37(11-2)18-13-12-14-19-37/h10-11,23-26,28-29H,1-2,12-22H2,3-9H3,(H,38,45)(H,39,44)(H,40,46)(H,41,48)/t23-,25?,26-,28+,29+/m0/s1. The summed E-state index contributed by atoms with van der Waals surface area (Å²) in [6, 6.07) is -3.84. The molecule has 1 saturated heterocycles. The van der Waals surface area contributed by atoms with E-state index in [2.05, 4.69) is 34.4 Å². The lowest BCUT2D eigenvalue weighted by Gasteiger charge is -2.43. The lowest BCUT2D eigenvalue weighted by Crippen LogP contribution is -2.64. The first-order chi connectivity index (χ1) is 22.4. The molecule has 5 amide bonds. The largest absolute Gasteiger partial charge is 0.346 e. The number of ketones is 1. The predicted octanol–water partition coefficient (Wildman–Crippen LogP) is 3.58. The Morgan fingerprint density at radius 2 is 1.52 bits per heavy atom. The monoisotopic (exact) mass is 669 g/mol. The minimum Gasteiger partial charge on any atom is -0.346 e. The van der Waals surface area contributed by atoms with Gasteiger partial charge < -0.3 is 26.2 Å². The van der Waals surface area contributed by atoms with Gasteiger partial charge in [-0.1, -0.05) is 92.7 Å². The number of carbonyl (C=O) groups excluding carboxylic acids is 6. The van der Waals surface area contributed by atoms with E-state index in [-0.39, 0.29) is 24.3 Å². The van der Waals surface area contributed by atoms with Crippen molar-refractivity contribution in [3.8, 4) is 0 Å². The summed E-state index contributed by atoms with van der Waals surface area (Å²) in [7, 11) is 0. The van der Waals surface area contributed by atoms with Gasteiger partial charge in [0.15, 0.2) is 0 Å². The van der Waals surface area contributed by atoms with Gasteiger partial charge in [-0.05, 0) is 42.9 Å². The molecular formula is C37H59N5O6. The summed E-state index contributed by atoms with van der Waals surface area (Å²) < 4.78 is 0. The maximum atomic E-state index is 14.4. The zero-order chi connectivity index (χ0) is 36.0. The molecule has 2 saturated carbocycles. The summed E-state index contributed by atoms with van der Waals surface area (Å²) in [5.41, 5.74) is -2.16. The molecule has 0 aromatic carbocycles. The molecule has 1 aliphatic heterocycles. The van der Waals surface area contributed by atoms with Crippen LogP contribution in [0.25, 0.3) is 0 Å². The number of rotatable bonds is 14. The summed E-state index contributed by atoms with van der Waals surface area (Å²) in [6.07, 6.45) is 10.2. The van der Waals surface area contributed by atoms with E-state index in [4.69, 9.17) is 0 Å². The molecule has 3 aliphatic rings. The van der Waals surface area contributed by atoms with Crippen LogP contribution in [0.4, 0.5) is 0 Å². The second-order valence-electron chi connectivity index (χ2n) is 16.3. The van der Waals surface area contributed by atoms with Crippen molar-refractivity contribution in [3.05, 3.63) is 25.3 Å². The molecule has 2 aliphatic carbocycles. The van der Waals surface area contributed by atoms with E-state index in [1.807, 2.05) is 27.7 Å². The zero-order valence-corrected chi connectivity index (χ0v) is 30.2. The Kier molecular flexibility index (Phi) is 12.8. The second-order valence-corrected chi connectivity index (χ2v) is 16.3. The number of hydrogen-bond acceptors (Lipinski definition) is 6. The van der Waals surface area contributed by atoms with Gasteiger partial charge in [0, 0.05) is 23.9 Å². The third-order valence-electron chi connectivity index (χ3n) is 10.2. The molecule has 0 spiro atoms. The van der Waals surface area contributed by atoms with Gasteiger partial charge in [-0.25, -0.2) is 0 Å². The maximum absolute atomic E-state index is 14.4. The van der Waals surface area contributed by atoms with Crippen LogP contribution < -0.4 is 21.3 Å². The van der Waals surface area contributed by atoms with Gasteiger partial charge in [0.2, 0.25) is 29.4 Å². The lowest BCUT2D eigenvalue weighted by molar-refractivity contribution is -0.146. The molecule has 0 aromatic rings. The van der Waals surface area contributed by atoms with Crippen LogP contribution in [-0.2, 0) is 28.8 Å². The SMILES string of the molecule is C=CCNC(=O)C(=O)C(CC1CC1)NC(=O)[C@@H]1[C@@H](C)CCN1C(=O)[C@@H](NC(=O)[C@@H](NC(=O)C(C)(C)C)C1(C=C)CCCCC1)C(C)(C)C. The van der Waals surface area contributed by atoms with Crippen molar-refractivity contribution in [1.29, 1.82) is 0 Å². The van der Waals surface area contributed by atoms with Gasteiger partial charge in [-0.15, -0.1) is 13.2 Å². The van der Waals surface area contributed by atoms with Crippen molar-refractivity contribution >= 4 is 35.3 Å². The highest BCUT2D eigenvalue weighted by atomic mass is 16.2. The van der Waals surface area contributed by atoms with Crippen LogP contribution in [0.1, 0.15) is 106 Å². The van der Waals surface area contributed by atoms with E-state index in [9.17, 15) is 28.8 Å². The molecule has 5 atom stereocenters. The topological polar surface area (TPSA) is 154 Å². The molecule has 1 heterocycles. The van der Waals surface area contributed by atoms with Crippen molar-refractivity contribution in [2.45, 2.75) is 130 Å². The van der Waals surface area contributed by atoms with Crippen molar-refractivity contribution < 1.29 is 28.8 Å². The number of carbonyl (C=O) groups is 6. The quantitative estimate of drug-likeness (QED) is 0.164. The maximum Gasteiger partial charge on any atom is 0.289 e. The van der Waals surface area contributed by atoms with E-state index in [0.29, 0.717) is 32.2 Å². The number of amides is 5. The highest BCUT2D eigenvalue weighted by molar-refractivity contribution is 6.38. The Labute approximate surface area is 286 Å². The molecule has 11 heteroatoms. The number of Topliss-reactive ketones (excluding diaryl/α,β-unsaturated/α-hetero) is 1. The Balaban J connectivity index is 1.88. The Bertz CT molecular complexity index is 1250. The van der Waals surface area contributed by atoms with E-state index in [1.54, 1.807) is 26.8 Å². The first-order valence-corrected chi connectivity index (χ1v) is 17.6. The summed E-state index contributed by atoms with van der Waals surface area (Å²) in [4.78, 5) is 83.0. The smallest absolute Gasteiger partial charge is 0.289 e. The van der Waals surface area contributed by atoms with Crippen LogP contribution in [0, 0.1) is 28.1 Å². The third-order valence-corrected chi connectivity index (χ3v) is 10.2. The van der Waals surface area contributed by atoms with Gasteiger partial charge in [-0.3, -0.25) is 28.8 Å². The minimum absolute atomic E-state index is 0.130. The summed E-state index contributed by atoms with van der Waals surface area (Å²) >= 11 is 0. The third kappa shape index (κ3) is 9.56. The Hall–Kier alpha value is -3.50. The summed E-state index contributed by atoms with van der Waals surface area (Å²) in [6.45, 7) is 20.9. The fourth-order valence-corrected chi connectivity index (χ4v) is 6.86. The number of likely N-dealkylation sites (tertiary alicyclic amines) is 1.